The largest absolute Gasteiger partial charge is 0.444 e. The number of aryl methyl sites for hydroxylation is 2. The van der Waals surface area contributed by atoms with Gasteiger partial charge >= 0.3 is 0 Å². The van der Waals surface area contributed by atoms with E-state index in [0.717, 1.165) is 23.8 Å². The molecular weight excluding hydrogens is 439 g/mol. The molecule has 5 nitrogen and oxygen atoms in total. The first kappa shape index (κ1) is 22.5. The van der Waals surface area contributed by atoms with E-state index in [2.05, 4.69) is 65.6 Å². The molecule has 0 amide bonds. The highest BCUT2D eigenvalue weighted by Crippen LogP contribution is 2.15. The summed E-state index contributed by atoms with van der Waals surface area (Å²) in [4.78, 5) is 8.65. The second kappa shape index (κ2) is 10.5. The zero-order chi connectivity index (χ0) is 18.4. The van der Waals surface area contributed by atoms with E-state index in [1.54, 1.807) is 7.05 Å². The Morgan fingerprint density at radius 2 is 1.81 bits per heavy atom. The summed E-state index contributed by atoms with van der Waals surface area (Å²) in [6, 6.07) is 8.95. The quantitative estimate of drug-likeness (QED) is 0.370. The zero-order valence-corrected chi connectivity index (χ0v) is 18.9. The lowest BCUT2D eigenvalue weighted by Gasteiger charge is -2.18. The van der Waals surface area contributed by atoms with Gasteiger partial charge in [0.2, 0.25) is 5.89 Å². The number of hydrogen-bond acceptors (Lipinski definition) is 3. The fraction of sp³-hybridized carbons (Fsp3) is 0.500. The summed E-state index contributed by atoms with van der Waals surface area (Å²) in [6.07, 6.45) is 1.11. The average Bonchev–Trinajstić information content (AvgIpc) is 2.89. The molecule has 1 atom stereocenters. The van der Waals surface area contributed by atoms with Gasteiger partial charge in [-0.2, -0.15) is 0 Å². The van der Waals surface area contributed by atoms with Crippen molar-refractivity contribution in [2.75, 3.05) is 7.05 Å². The van der Waals surface area contributed by atoms with Gasteiger partial charge in [0.15, 0.2) is 5.96 Å². The number of aliphatic imine (C=N–C) groups is 1. The first-order valence-corrected chi connectivity index (χ1v) is 8.88. The maximum atomic E-state index is 5.59. The van der Waals surface area contributed by atoms with Crippen LogP contribution in [0.3, 0.4) is 0 Å². The molecule has 0 bridgehead atoms. The lowest BCUT2D eigenvalue weighted by Crippen LogP contribution is -2.38. The molecule has 0 aliphatic carbocycles. The fourth-order valence-electron chi connectivity index (χ4n) is 2.67. The Morgan fingerprint density at radius 1 is 1.15 bits per heavy atom. The number of oxazole rings is 1. The van der Waals surface area contributed by atoms with Crippen LogP contribution in [0.2, 0.25) is 0 Å². The van der Waals surface area contributed by atoms with Gasteiger partial charge in [0.25, 0.3) is 0 Å². The first-order valence-electron chi connectivity index (χ1n) is 8.88. The summed E-state index contributed by atoms with van der Waals surface area (Å²) in [7, 11) is 1.76. The van der Waals surface area contributed by atoms with Crippen LogP contribution in [-0.2, 0) is 13.0 Å². The highest BCUT2D eigenvalue weighted by Gasteiger charge is 2.10. The van der Waals surface area contributed by atoms with E-state index in [0.29, 0.717) is 18.4 Å². The van der Waals surface area contributed by atoms with Gasteiger partial charge in [0.05, 0.1) is 18.3 Å². The molecule has 2 rings (SSSR count). The Labute approximate surface area is 174 Å². The van der Waals surface area contributed by atoms with Gasteiger partial charge in [0, 0.05) is 7.05 Å². The standard InChI is InChI=1S/C20H30N4O.HI/c1-13(2)11-17-7-9-18(10-8-17)15(4)24-20(21-6)22-12-19-23-14(3)16(5)25-19;/h7-10,13,15H,11-12H2,1-6H3,(H2,21,22,24);1H. The SMILES string of the molecule is CN=C(NCc1nc(C)c(C)o1)NC(C)c1ccc(CC(C)C)cc1.I. The Bertz CT molecular complexity index is 688. The minimum Gasteiger partial charge on any atom is -0.444 e. The normalized spacial score (nSPS) is 12.7. The predicted molar refractivity (Wildman–Crippen MR) is 118 cm³/mol. The van der Waals surface area contributed by atoms with Crippen molar-refractivity contribution >= 4 is 29.9 Å². The smallest absolute Gasteiger partial charge is 0.214 e. The zero-order valence-electron chi connectivity index (χ0n) is 16.6. The van der Waals surface area contributed by atoms with E-state index in [9.17, 15) is 0 Å². The second-order valence-corrected chi connectivity index (χ2v) is 6.88. The van der Waals surface area contributed by atoms with Gasteiger partial charge in [0.1, 0.15) is 5.76 Å². The van der Waals surface area contributed by atoms with Crippen molar-refractivity contribution in [2.24, 2.45) is 10.9 Å². The third-order valence-electron chi connectivity index (χ3n) is 4.18. The molecular formula is C20H31IN4O. The minimum absolute atomic E-state index is 0. The number of nitrogens with zero attached hydrogens (tertiary/aromatic N) is 2. The summed E-state index contributed by atoms with van der Waals surface area (Å²) in [5.41, 5.74) is 3.54. The summed E-state index contributed by atoms with van der Waals surface area (Å²) in [5, 5.41) is 6.65. The van der Waals surface area contributed by atoms with Gasteiger partial charge in [-0.05, 0) is 44.2 Å². The molecule has 2 N–H and O–H groups in total. The van der Waals surface area contributed by atoms with Gasteiger partial charge in [-0.3, -0.25) is 4.99 Å². The van der Waals surface area contributed by atoms with E-state index in [-0.39, 0.29) is 30.0 Å². The Balaban J connectivity index is 0.00000338. The van der Waals surface area contributed by atoms with E-state index in [1.807, 2.05) is 13.8 Å². The number of benzene rings is 1. The Kier molecular flexibility index (Phi) is 9.12. The third-order valence-corrected chi connectivity index (χ3v) is 4.18. The molecule has 1 unspecified atom stereocenters. The van der Waals surface area contributed by atoms with Crippen molar-refractivity contribution < 1.29 is 4.42 Å². The first-order chi connectivity index (χ1) is 11.9. The molecule has 0 spiro atoms. The maximum absolute atomic E-state index is 5.59. The van der Waals surface area contributed by atoms with E-state index < -0.39 is 0 Å². The molecule has 0 saturated heterocycles. The number of aromatic nitrogens is 1. The van der Waals surface area contributed by atoms with Crippen LogP contribution >= 0.6 is 24.0 Å². The second-order valence-electron chi connectivity index (χ2n) is 6.88. The van der Waals surface area contributed by atoms with Crippen LogP contribution in [0.25, 0.3) is 0 Å². The van der Waals surface area contributed by atoms with Crippen molar-refractivity contribution in [1.29, 1.82) is 0 Å². The van der Waals surface area contributed by atoms with E-state index in [1.165, 1.54) is 11.1 Å². The molecule has 2 aromatic rings. The molecule has 6 heteroatoms. The van der Waals surface area contributed by atoms with Crippen LogP contribution in [0.5, 0.6) is 0 Å². The number of hydrogen-bond donors (Lipinski definition) is 2. The lowest BCUT2D eigenvalue weighted by atomic mass is 10.00. The molecule has 144 valence electrons. The summed E-state index contributed by atoms with van der Waals surface area (Å²) < 4.78 is 5.59. The molecule has 1 heterocycles. The third kappa shape index (κ3) is 6.63. The molecule has 0 fully saturated rings. The number of rotatable bonds is 6. The van der Waals surface area contributed by atoms with Crippen LogP contribution in [0.1, 0.15) is 55.3 Å². The van der Waals surface area contributed by atoms with Crippen molar-refractivity contribution in [2.45, 2.75) is 53.6 Å². The number of nitrogens with one attached hydrogen (secondary N) is 2. The number of halogens is 1. The maximum Gasteiger partial charge on any atom is 0.214 e. The van der Waals surface area contributed by atoms with Crippen LogP contribution in [0.15, 0.2) is 33.7 Å². The van der Waals surface area contributed by atoms with E-state index in [4.69, 9.17) is 4.42 Å². The highest BCUT2D eigenvalue weighted by atomic mass is 127. The molecule has 0 aliphatic rings. The Morgan fingerprint density at radius 3 is 2.31 bits per heavy atom. The van der Waals surface area contributed by atoms with Gasteiger partial charge < -0.3 is 15.1 Å². The summed E-state index contributed by atoms with van der Waals surface area (Å²) in [5.74, 6) is 2.93. The van der Waals surface area contributed by atoms with Gasteiger partial charge in [-0.25, -0.2) is 4.98 Å². The monoisotopic (exact) mass is 470 g/mol. The average molecular weight is 470 g/mol. The topological polar surface area (TPSA) is 62.5 Å². The molecule has 26 heavy (non-hydrogen) atoms. The van der Waals surface area contributed by atoms with E-state index >= 15 is 0 Å². The molecule has 0 saturated carbocycles. The number of guanidine groups is 1. The molecule has 1 aromatic carbocycles. The fourth-order valence-corrected chi connectivity index (χ4v) is 2.67. The minimum atomic E-state index is 0. The summed E-state index contributed by atoms with van der Waals surface area (Å²) >= 11 is 0. The Hall–Kier alpha value is -1.57. The molecule has 1 aromatic heterocycles. The van der Waals surface area contributed by atoms with Crippen LogP contribution in [0, 0.1) is 19.8 Å². The molecule has 0 radical (unpaired) electrons. The summed E-state index contributed by atoms with van der Waals surface area (Å²) in [6.45, 7) is 11.0. The van der Waals surface area contributed by atoms with Gasteiger partial charge in [-0.15, -0.1) is 24.0 Å². The lowest BCUT2D eigenvalue weighted by molar-refractivity contribution is 0.463. The van der Waals surface area contributed by atoms with Crippen LogP contribution < -0.4 is 10.6 Å². The van der Waals surface area contributed by atoms with Crippen molar-refractivity contribution in [1.82, 2.24) is 15.6 Å². The van der Waals surface area contributed by atoms with Crippen LogP contribution in [-0.4, -0.2) is 18.0 Å². The van der Waals surface area contributed by atoms with Crippen LogP contribution in [0.4, 0.5) is 0 Å². The van der Waals surface area contributed by atoms with Crippen molar-refractivity contribution in [3.8, 4) is 0 Å². The molecule has 0 aliphatic heterocycles. The van der Waals surface area contributed by atoms with Crippen molar-refractivity contribution in [3.63, 3.8) is 0 Å². The van der Waals surface area contributed by atoms with Gasteiger partial charge in [-0.1, -0.05) is 38.1 Å². The highest BCUT2D eigenvalue weighted by molar-refractivity contribution is 14.0. The van der Waals surface area contributed by atoms with Crippen molar-refractivity contribution in [3.05, 3.63) is 52.7 Å². The predicted octanol–water partition coefficient (Wildman–Crippen LogP) is 4.53.